The van der Waals surface area contributed by atoms with Crippen LogP contribution in [0.25, 0.3) is 0 Å². The van der Waals surface area contributed by atoms with Gasteiger partial charge in [-0.25, -0.2) is 0 Å². The summed E-state index contributed by atoms with van der Waals surface area (Å²) in [5, 5.41) is 10.2. The molecular weight excluding hydrogens is 228 g/mol. The van der Waals surface area contributed by atoms with Crippen molar-refractivity contribution < 1.29 is 14.6 Å². The van der Waals surface area contributed by atoms with Crippen molar-refractivity contribution >= 4 is 0 Å². The van der Waals surface area contributed by atoms with Crippen molar-refractivity contribution in [2.45, 2.75) is 39.7 Å². The normalized spacial score (nSPS) is 16.4. The van der Waals surface area contributed by atoms with Gasteiger partial charge in [-0.2, -0.15) is 0 Å². The van der Waals surface area contributed by atoms with Gasteiger partial charge in [0.2, 0.25) is 0 Å². The van der Waals surface area contributed by atoms with Crippen LogP contribution in [-0.2, 0) is 0 Å². The molecule has 0 radical (unpaired) electrons. The highest BCUT2D eigenvalue weighted by atomic mass is 16.6. The van der Waals surface area contributed by atoms with Gasteiger partial charge in [0.05, 0.1) is 6.10 Å². The minimum atomic E-state index is -0.431. The third-order valence-corrected chi connectivity index (χ3v) is 3.12. The molecule has 0 saturated carbocycles. The minimum absolute atomic E-state index is 0.245. The van der Waals surface area contributed by atoms with Crippen molar-refractivity contribution in [2.75, 3.05) is 13.2 Å². The lowest BCUT2D eigenvalue weighted by atomic mass is 9.88. The van der Waals surface area contributed by atoms with Crippen LogP contribution in [0.2, 0.25) is 0 Å². The summed E-state index contributed by atoms with van der Waals surface area (Å²) in [6.45, 7) is 7.73. The standard InChI is InChI=1S/C15H22O3/c1-15(2,3)7-6-12(16)11-4-5-13-14(10-11)18-9-8-17-13/h4-5,10,12,16H,6-9H2,1-3H3. The van der Waals surface area contributed by atoms with Crippen LogP contribution in [0.1, 0.15) is 45.3 Å². The number of aliphatic hydroxyl groups is 1. The van der Waals surface area contributed by atoms with Gasteiger partial charge in [0.1, 0.15) is 13.2 Å². The highest BCUT2D eigenvalue weighted by Gasteiger charge is 2.18. The van der Waals surface area contributed by atoms with Crippen molar-refractivity contribution in [3.63, 3.8) is 0 Å². The Kier molecular flexibility index (Phi) is 3.81. The van der Waals surface area contributed by atoms with Crippen LogP contribution >= 0.6 is 0 Å². The number of fused-ring (bicyclic) bond motifs is 1. The quantitative estimate of drug-likeness (QED) is 0.894. The van der Waals surface area contributed by atoms with E-state index in [1.54, 1.807) is 0 Å². The van der Waals surface area contributed by atoms with Crippen molar-refractivity contribution in [2.24, 2.45) is 5.41 Å². The smallest absolute Gasteiger partial charge is 0.161 e. The Bertz CT molecular complexity index is 407. The first-order chi connectivity index (χ1) is 8.46. The summed E-state index contributed by atoms with van der Waals surface area (Å²) in [6.07, 6.45) is 1.33. The SMILES string of the molecule is CC(C)(C)CCC(O)c1ccc2c(c1)OCCO2. The third kappa shape index (κ3) is 3.39. The average molecular weight is 250 g/mol. The Morgan fingerprint density at radius 3 is 2.50 bits per heavy atom. The van der Waals surface area contributed by atoms with Crippen LogP contribution in [0.4, 0.5) is 0 Å². The molecule has 0 aromatic heterocycles. The largest absolute Gasteiger partial charge is 0.486 e. The molecule has 0 spiro atoms. The first kappa shape index (κ1) is 13.2. The molecule has 18 heavy (non-hydrogen) atoms. The summed E-state index contributed by atoms with van der Waals surface area (Å²) in [4.78, 5) is 0. The number of benzene rings is 1. The van der Waals surface area contributed by atoms with E-state index in [2.05, 4.69) is 20.8 Å². The average Bonchev–Trinajstić information content (AvgIpc) is 2.34. The van der Waals surface area contributed by atoms with Crippen molar-refractivity contribution in [1.82, 2.24) is 0 Å². The molecule has 1 aromatic rings. The zero-order valence-electron chi connectivity index (χ0n) is 11.4. The lowest BCUT2D eigenvalue weighted by molar-refractivity contribution is 0.144. The van der Waals surface area contributed by atoms with Gasteiger partial charge in [0.25, 0.3) is 0 Å². The molecule has 0 aliphatic carbocycles. The zero-order chi connectivity index (χ0) is 13.2. The van der Waals surface area contributed by atoms with E-state index < -0.39 is 6.10 Å². The highest BCUT2D eigenvalue weighted by Crippen LogP contribution is 2.34. The molecule has 100 valence electrons. The second kappa shape index (κ2) is 5.19. The second-order valence-corrected chi connectivity index (χ2v) is 6.02. The Labute approximate surface area is 109 Å². The monoisotopic (exact) mass is 250 g/mol. The van der Waals surface area contributed by atoms with Crippen LogP contribution in [0.3, 0.4) is 0 Å². The van der Waals surface area contributed by atoms with E-state index >= 15 is 0 Å². The molecule has 1 N–H and O–H groups in total. The van der Waals surface area contributed by atoms with Gasteiger partial charge in [0.15, 0.2) is 11.5 Å². The van der Waals surface area contributed by atoms with Gasteiger partial charge >= 0.3 is 0 Å². The van der Waals surface area contributed by atoms with E-state index in [1.165, 1.54) is 0 Å². The van der Waals surface area contributed by atoms with Gasteiger partial charge in [-0.3, -0.25) is 0 Å². The number of rotatable bonds is 3. The summed E-state index contributed by atoms with van der Waals surface area (Å²) in [6, 6.07) is 5.69. The summed E-state index contributed by atoms with van der Waals surface area (Å²) in [7, 11) is 0. The highest BCUT2D eigenvalue weighted by molar-refractivity contribution is 5.44. The fraction of sp³-hybridized carbons (Fsp3) is 0.600. The lowest BCUT2D eigenvalue weighted by Gasteiger charge is -2.22. The van der Waals surface area contributed by atoms with Gasteiger partial charge < -0.3 is 14.6 Å². The van der Waals surface area contributed by atoms with Crippen LogP contribution in [-0.4, -0.2) is 18.3 Å². The summed E-state index contributed by atoms with van der Waals surface area (Å²) in [5.41, 5.74) is 1.15. The third-order valence-electron chi connectivity index (χ3n) is 3.12. The predicted molar refractivity (Wildman–Crippen MR) is 71.1 cm³/mol. The molecule has 1 aliphatic heterocycles. The van der Waals surface area contributed by atoms with E-state index in [-0.39, 0.29) is 5.41 Å². The maximum absolute atomic E-state index is 10.2. The van der Waals surface area contributed by atoms with E-state index in [9.17, 15) is 5.11 Å². The van der Waals surface area contributed by atoms with E-state index in [0.29, 0.717) is 13.2 Å². The fourth-order valence-electron chi connectivity index (χ4n) is 2.00. The molecular formula is C15H22O3. The molecule has 3 nitrogen and oxygen atoms in total. The zero-order valence-corrected chi connectivity index (χ0v) is 11.4. The van der Waals surface area contributed by atoms with Crippen molar-refractivity contribution in [3.8, 4) is 11.5 Å². The Balaban J connectivity index is 2.04. The van der Waals surface area contributed by atoms with Crippen LogP contribution in [0.15, 0.2) is 18.2 Å². The van der Waals surface area contributed by atoms with Gasteiger partial charge in [0, 0.05) is 0 Å². The molecule has 1 atom stereocenters. The molecule has 0 fully saturated rings. The Morgan fingerprint density at radius 1 is 1.17 bits per heavy atom. The maximum Gasteiger partial charge on any atom is 0.161 e. The first-order valence-corrected chi connectivity index (χ1v) is 6.53. The second-order valence-electron chi connectivity index (χ2n) is 6.02. The molecule has 2 rings (SSSR count). The Morgan fingerprint density at radius 2 is 1.83 bits per heavy atom. The predicted octanol–water partition coefficient (Wildman–Crippen LogP) is 3.32. The number of ether oxygens (including phenoxy) is 2. The number of hydrogen-bond acceptors (Lipinski definition) is 3. The summed E-state index contributed by atoms with van der Waals surface area (Å²) < 4.78 is 11.0. The van der Waals surface area contributed by atoms with Crippen LogP contribution in [0, 0.1) is 5.41 Å². The molecule has 1 aromatic carbocycles. The molecule has 3 heteroatoms. The van der Waals surface area contributed by atoms with Gasteiger partial charge in [-0.15, -0.1) is 0 Å². The van der Waals surface area contributed by atoms with Crippen molar-refractivity contribution in [1.29, 1.82) is 0 Å². The molecule has 0 amide bonds. The lowest BCUT2D eigenvalue weighted by Crippen LogP contribution is -2.15. The maximum atomic E-state index is 10.2. The van der Waals surface area contributed by atoms with Crippen molar-refractivity contribution in [3.05, 3.63) is 23.8 Å². The van der Waals surface area contributed by atoms with Crippen LogP contribution < -0.4 is 9.47 Å². The van der Waals surface area contributed by atoms with Gasteiger partial charge in [-0.1, -0.05) is 26.8 Å². The minimum Gasteiger partial charge on any atom is -0.486 e. The van der Waals surface area contributed by atoms with E-state index in [0.717, 1.165) is 29.9 Å². The fourth-order valence-corrected chi connectivity index (χ4v) is 2.00. The van der Waals surface area contributed by atoms with E-state index in [1.807, 2.05) is 18.2 Å². The molecule has 1 heterocycles. The van der Waals surface area contributed by atoms with Crippen LogP contribution in [0.5, 0.6) is 11.5 Å². The molecule has 0 saturated heterocycles. The van der Waals surface area contributed by atoms with E-state index in [4.69, 9.17) is 9.47 Å². The molecule has 0 bridgehead atoms. The molecule has 1 unspecified atom stereocenters. The first-order valence-electron chi connectivity index (χ1n) is 6.53. The number of aliphatic hydroxyl groups excluding tert-OH is 1. The topological polar surface area (TPSA) is 38.7 Å². The Hall–Kier alpha value is -1.22. The summed E-state index contributed by atoms with van der Waals surface area (Å²) in [5.74, 6) is 1.52. The van der Waals surface area contributed by atoms with Gasteiger partial charge in [-0.05, 0) is 36.0 Å². The summed E-state index contributed by atoms with van der Waals surface area (Å²) >= 11 is 0. The molecule has 1 aliphatic rings. The number of hydrogen-bond donors (Lipinski definition) is 1.